The minimum absolute atomic E-state index is 0.546. The monoisotopic (exact) mass is 504 g/mol. The molecule has 0 unspecified atom stereocenters. The summed E-state index contributed by atoms with van der Waals surface area (Å²) >= 11 is 0. The van der Waals surface area contributed by atoms with Crippen molar-refractivity contribution in [3.8, 4) is 0 Å². The van der Waals surface area contributed by atoms with Gasteiger partial charge < -0.3 is 26.6 Å². The molecule has 0 N–H and O–H groups in total. The van der Waals surface area contributed by atoms with Crippen molar-refractivity contribution in [1.29, 1.82) is 0 Å². The van der Waals surface area contributed by atoms with E-state index in [0.717, 1.165) is 21.5 Å². The highest BCUT2D eigenvalue weighted by Crippen LogP contribution is 2.15. The predicted octanol–water partition coefficient (Wildman–Crippen LogP) is 4.37. The fraction of sp³-hybridized carbons (Fsp3) is 0.462. The smallest absolute Gasteiger partial charge is 0.370 e. The zero-order valence-electron chi connectivity index (χ0n) is 21.5. The summed E-state index contributed by atoms with van der Waals surface area (Å²) in [6.45, 7) is 15.1. The Balaban J connectivity index is 2.20. The molecule has 2 aromatic rings. The minimum atomic E-state index is -2.88. The van der Waals surface area contributed by atoms with Crippen LogP contribution in [-0.4, -0.2) is 57.3 Å². The quantitative estimate of drug-likeness (QED) is 0.250. The van der Waals surface area contributed by atoms with E-state index in [-0.39, 0.29) is 0 Å². The first-order valence-corrected chi connectivity index (χ1v) is 15.7. The first-order chi connectivity index (χ1) is 16.5. The van der Waals surface area contributed by atoms with Crippen molar-refractivity contribution in [1.82, 2.24) is 0 Å². The maximum absolute atomic E-state index is 6.01. The lowest BCUT2D eigenvalue weighted by Crippen LogP contribution is -2.56. The number of hydrogen-bond donors (Lipinski definition) is 0. The van der Waals surface area contributed by atoms with E-state index in [2.05, 4.69) is 36.4 Å². The highest BCUT2D eigenvalue weighted by atomic mass is 28.4. The van der Waals surface area contributed by atoms with Crippen molar-refractivity contribution >= 4 is 40.1 Å². The van der Waals surface area contributed by atoms with E-state index < -0.39 is 17.6 Å². The molecule has 8 heteroatoms. The lowest BCUT2D eigenvalue weighted by molar-refractivity contribution is 0.0851. The fourth-order valence-corrected chi connectivity index (χ4v) is 8.61. The first-order valence-electron chi connectivity index (χ1n) is 12.3. The Bertz CT molecular complexity index is 749. The Morgan fingerprint density at radius 2 is 0.676 bits per heavy atom. The third kappa shape index (κ3) is 7.43. The molecule has 0 aromatic heterocycles. The van der Waals surface area contributed by atoms with Crippen LogP contribution in [0.25, 0.3) is 12.2 Å². The zero-order valence-corrected chi connectivity index (χ0v) is 23.5. The van der Waals surface area contributed by atoms with E-state index in [9.17, 15) is 0 Å². The van der Waals surface area contributed by atoms with Gasteiger partial charge in [0.15, 0.2) is 0 Å². The van der Waals surface area contributed by atoms with Crippen molar-refractivity contribution in [3.05, 3.63) is 59.7 Å². The molecule has 0 aliphatic heterocycles. The van der Waals surface area contributed by atoms with Gasteiger partial charge in [0.05, 0.1) is 0 Å². The lowest BCUT2D eigenvalue weighted by atomic mass is 10.1. The van der Waals surface area contributed by atoms with E-state index >= 15 is 0 Å². The second kappa shape index (κ2) is 14.7. The summed E-state index contributed by atoms with van der Waals surface area (Å²) in [5.41, 5.74) is 2.17. The van der Waals surface area contributed by atoms with E-state index in [1.165, 1.54) is 0 Å². The average molecular weight is 505 g/mol. The van der Waals surface area contributed by atoms with E-state index in [0.29, 0.717) is 39.6 Å². The van der Waals surface area contributed by atoms with Gasteiger partial charge in [-0.25, -0.2) is 0 Å². The van der Waals surface area contributed by atoms with Gasteiger partial charge >= 0.3 is 17.6 Å². The molecule has 2 rings (SSSR count). The lowest BCUT2D eigenvalue weighted by Gasteiger charge is -2.28. The van der Waals surface area contributed by atoms with Gasteiger partial charge in [-0.05, 0) is 52.7 Å². The van der Waals surface area contributed by atoms with Gasteiger partial charge in [-0.3, -0.25) is 0 Å². The van der Waals surface area contributed by atoms with Crippen molar-refractivity contribution in [2.24, 2.45) is 0 Å². The van der Waals surface area contributed by atoms with Crippen LogP contribution in [-0.2, 0) is 26.6 Å². The molecule has 0 aliphatic rings. The highest BCUT2D eigenvalue weighted by Gasteiger charge is 2.43. The van der Waals surface area contributed by atoms with Crippen LogP contribution >= 0.6 is 0 Å². The average Bonchev–Trinajstić information content (AvgIpc) is 2.84. The summed E-state index contributed by atoms with van der Waals surface area (Å²) in [7, 11) is -5.76. The molecule has 0 radical (unpaired) electrons. The molecule has 0 heterocycles. The maximum Gasteiger partial charge on any atom is 0.537 e. The van der Waals surface area contributed by atoms with Gasteiger partial charge in [0.25, 0.3) is 0 Å². The van der Waals surface area contributed by atoms with Crippen LogP contribution in [0.3, 0.4) is 0 Å². The van der Waals surface area contributed by atoms with Crippen LogP contribution in [0.5, 0.6) is 0 Å². The highest BCUT2D eigenvalue weighted by molar-refractivity contribution is 6.75. The van der Waals surface area contributed by atoms with Crippen LogP contribution in [0.15, 0.2) is 48.5 Å². The molecule has 0 spiro atoms. The maximum atomic E-state index is 6.01. The van der Waals surface area contributed by atoms with Gasteiger partial charge in [-0.2, -0.15) is 0 Å². The topological polar surface area (TPSA) is 55.4 Å². The molecule has 0 bridgehead atoms. The molecule has 188 valence electrons. The Kier molecular flexibility index (Phi) is 12.4. The summed E-state index contributed by atoms with van der Waals surface area (Å²) in [4.78, 5) is 0. The Morgan fingerprint density at radius 1 is 0.441 bits per heavy atom. The summed E-state index contributed by atoms with van der Waals surface area (Å²) < 4.78 is 36.0. The normalized spacial score (nSPS) is 12.5. The van der Waals surface area contributed by atoms with Crippen LogP contribution in [0.1, 0.15) is 52.7 Å². The second-order valence-corrected chi connectivity index (χ2v) is 12.4. The number of rotatable bonds is 16. The SMILES string of the molecule is CCO[Si](OCC)(OCC)c1ccc(C=Cc2ccc([Si](OCC)(OCC)OCC)cc2)cc1. The fourth-order valence-electron chi connectivity index (χ4n) is 3.68. The summed E-state index contributed by atoms with van der Waals surface area (Å²) in [6.07, 6.45) is 4.17. The van der Waals surface area contributed by atoms with Gasteiger partial charge in [-0.15, -0.1) is 0 Å². The summed E-state index contributed by atoms with van der Waals surface area (Å²) in [5, 5.41) is 1.95. The second-order valence-electron chi connectivity index (χ2n) is 7.29. The number of hydrogen-bond acceptors (Lipinski definition) is 6. The van der Waals surface area contributed by atoms with Crippen molar-refractivity contribution in [3.63, 3.8) is 0 Å². The Labute approximate surface area is 207 Å². The first kappa shape index (κ1) is 28.6. The molecule has 34 heavy (non-hydrogen) atoms. The third-order valence-corrected chi connectivity index (χ3v) is 11.1. The van der Waals surface area contributed by atoms with Crippen molar-refractivity contribution in [2.45, 2.75) is 41.5 Å². The minimum Gasteiger partial charge on any atom is -0.370 e. The Hall–Kier alpha value is -1.63. The van der Waals surface area contributed by atoms with E-state index in [4.69, 9.17) is 26.6 Å². The Morgan fingerprint density at radius 3 is 0.882 bits per heavy atom. The van der Waals surface area contributed by atoms with Gasteiger partial charge in [0, 0.05) is 50.0 Å². The molecular formula is C26H40O6Si2. The van der Waals surface area contributed by atoms with Crippen LogP contribution in [0, 0.1) is 0 Å². The molecule has 0 saturated carbocycles. The predicted molar refractivity (Wildman–Crippen MR) is 142 cm³/mol. The largest absolute Gasteiger partial charge is 0.537 e. The molecule has 0 saturated heterocycles. The van der Waals surface area contributed by atoms with Crippen molar-refractivity contribution < 1.29 is 26.6 Å². The van der Waals surface area contributed by atoms with E-state index in [1.54, 1.807) is 0 Å². The molecule has 6 nitrogen and oxygen atoms in total. The number of benzene rings is 2. The zero-order chi connectivity index (χ0) is 24.9. The van der Waals surface area contributed by atoms with Crippen LogP contribution in [0.2, 0.25) is 0 Å². The molecule has 0 aliphatic carbocycles. The summed E-state index contributed by atoms with van der Waals surface area (Å²) in [6, 6.07) is 16.4. The van der Waals surface area contributed by atoms with Crippen LogP contribution in [0.4, 0.5) is 0 Å². The van der Waals surface area contributed by atoms with Gasteiger partial charge in [-0.1, -0.05) is 60.7 Å². The van der Waals surface area contributed by atoms with Crippen molar-refractivity contribution in [2.75, 3.05) is 39.6 Å². The molecule has 0 atom stereocenters. The van der Waals surface area contributed by atoms with Crippen LogP contribution < -0.4 is 10.4 Å². The molecular weight excluding hydrogens is 464 g/mol. The van der Waals surface area contributed by atoms with Gasteiger partial charge in [0.1, 0.15) is 0 Å². The summed E-state index contributed by atoms with van der Waals surface area (Å²) in [5.74, 6) is 0. The van der Waals surface area contributed by atoms with Gasteiger partial charge in [0.2, 0.25) is 0 Å². The molecule has 2 aromatic carbocycles. The van der Waals surface area contributed by atoms with E-state index in [1.807, 2.05) is 65.8 Å². The standard InChI is InChI=1S/C26H40O6Si2/c1-7-27-33(28-8-2,29-9-3)25-19-15-23(16-20-25)13-14-24-17-21-26(22-18-24)34(30-10-4,31-11-5)32-12-6/h13-22H,7-12H2,1-6H3. The molecule has 0 fully saturated rings. The third-order valence-electron chi connectivity index (χ3n) is 5.00. The molecule has 0 amide bonds.